The van der Waals surface area contributed by atoms with E-state index in [1.807, 2.05) is 6.07 Å². The van der Waals surface area contributed by atoms with Crippen LogP contribution in [0.5, 0.6) is 0 Å². The molecule has 0 saturated carbocycles. The molecule has 0 unspecified atom stereocenters. The highest BCUT2D eigenvalue weighted by atomic mass is 32.2. The molecule has 0 aliphatic carbocycles. The third-order valence-corrected chi connectivity index (χ3v) is 4.89. The summed E-state index contributed by atoms with van der Waals surface area (Å²) in [5.41, 5.74) is 1.98. The van der Waals surface area contributed by atoms with Crippen LogP contribution in [0.15, 0.2) is 66.0 Å². The zero-order chi connectivity index (χ0) is 17.9. The van der Waals surface area contributed by atoms with E-state index in [0.29, 0.717) is 11.3 Å². The van der Waals surface area contributed by atoms with E-state index < -0.39 is 26.6 Å². The van der Waals surface area contributed by atoms with Gasteiger partial charge in [0.15, 0.2) is 4.90 Å². The minimum absolute atomic E-state index is 0.133. The lowest BCUT2D eigenvalue weighted by Crippen LogP contribution is -2.25. The molecule has 0 aliphatic rings. The Labute approximate surface area is 143 Å². The van der Waals surface area contributed by atoms with Crippen molar-refractivity contribution in [2.24, 2.45) is 0 Å². The van der Waals surface area contributed by atoms with Crippen LogP contribution in [0.4, 0.5) is 8.78 Å². The fourth-order valence-electron chi connectivity index (χ4n) is 2.25. The van der Waals surface area contributed by atoms with Gasteiger partial charge in [0.25, 0.3) is 0 Å². The molecular weight excluding hydrogens is 348 g/mol. The fraction of sp³-hybridized carbons (Fsp3) is 0.0588. The second kappa shape index (κ2) is 7.04. The molecule has 1 aromatic carbocycles. The van der Waals surface area contributed by atoms with Gasteiger partial charge >= 0.3 is 0 Å². The largest absolute Gasteiger partial charge is 0.264 e. The van der Waals surface area contributed by atoms with Gasteiger partial charge in [0.1, 0.15) is 11.6 Å². The standard InChI is InChI=1S/C17H13F2N3O2S/c18-14-4-1-5-15(19)17(14)25(23,24)22-10-12-6-8-21-16(9-12)13-3-2-7-20-11-13/h1-9,11,22H,10H2. The van der Waals surface area contributed by atoms with Crippen molar-refractivity contribution in [2.75, 3.05) is 0 Å². The first-order chi connectivity index (χ1) is 12.0. The number of sulfonamides is 1. The first-order valence-corrected chi connectivity index (χ1v) is 8.75. The van der Waals surface area contributed by atoms with E-state index in [9.17, 15) is 17.2 Å². The average molecular weight is 361 g/mol. The van der Waals surface area contributed by atoms with E-state index in [1.54, 1.807) is 30.6 Å². The monoisotopic (exact) mass is 361 g/mol. The lowest BCUT2D eigenvalue weighted by Gasteiger charge is -2.09. The van der Waals surface area contributed by atoms with Crippen LogP contribution >= 0.6 is 0 Å². The lowest BCUT2D eigenvalue weighted by atomic mass is 10.1. The number of hydrogen-bond acceptors (Lipinski definition) is 4. The maximum atomic E-state index is 13.7. The van der Waals surface area contributed by atoms with Crippen molar-refractivity contribution >= 4 is 10.0 Å². The van der Waals surface area contributed by atoms with Gasteiger partial charge in [0.05, 0.1) is 5.69 Å². The molecule has 3 rings (SSSR count). The van der Waals surface area contributed by atoms with Crippen molar-refractivity contribution in [3.63, 3.8) is 0 Å². The van der Waals surface area contributed by atoms with Gasteiger partial charge in [-0.1, -0.05) is 6.07 Å². The molecule has 0 bridgehead atoms. The topological polar surface area (TPSA) is 72.0 Å². The third kappa shape index (κ3) is 3.86. The van der Waals surface area contributed by atoms with Crippen molar-refractivity contribution < 1.29 is 17.2 Å². The van der Waals surface area contributed by atoms with E-state index in [2.05, 4.69) is 14.7 Å². The van der Waals surface area contributed by atoms with Gasteiger partial charge in [-0.3, -0.25) is 9.97 Å². The maximum Gasteiger partial charge on any atom is 0.246 e. The Balaban J connectivity index is 1.82. The number of halogens is 2. The summed E-state index contributed by atoms with van der Waals surface area (Å²) in [6.07, 6.45) is 4.78. The molecule has 2 heterocycles. The Morgan fingerprint density at radius 2 is 1.76 bits per heavy atom. The van der Waals surface area contributed by atoms with Crippen LogP contribution in [-0.4, -0.2) is 18.4 Å². The van der Waals surface area contributed by atoms with Gasteiger partial charge in [0.2, 0.25) is 10.0 Å². The van der Waals surface area contributed by atoms with Crippen molar-refractivity contribution in [1.82, 2.24) is 14.7 Å². The Bertz CT molecular complexity index is 976. The van der Waals surface area contributed by atoms with Crippen LogP contribution in [0, 0.1) is 11.6 Å². The molecule has 2 aromatic heterocycles. The van der Waals surface area contributed by atoms with E-state index >= 15 is 0 Å². The predicted octanol–water partition coefficient (Wildman–Crippen LogP) is 2.90. The summed E-state index contributed by atoms with van der Waals surface area (Å²) in [5, 5.41) is 0. The molecule has 0 amide bonds. The van der Waals surface area contributed by atoms with Crippen LogP contribution < -0.4 is 4.72 Å². The summed E-state index contributed by atoms with van der Waals surface area (Å²) in [6.45, 7) is -0.133. The van der Waals surface area contributed by atoms with Crippen molar-refractivity contribution in [3.8, 4) is 11.3 Å². The zero-order valence-corrected chi connectivity index (χ0v) is 13.7. The van der Waals surface area contributed by atoms with Crippen molar-refractivity contribution in [1.29, 1.82) is 0 Å². The van der Waals surface area contributed by atoms with E-state index in [0.717, 1.165) is 23.8 Å². The average Bonchev–Trinajstić information content (AvgIpc) is 2.61. The number of nitrogens with one attached hydrogen (secondary N) is 1. The van der Waals surface area contributed by atoms with Gasteiger partial charge in [-0.2, -0.15) is 0 Å². The van der Waals surface area contributed by atoms with Crippen LogP contribution in [-0.2, 0) is 16.6 Å². The minimum atomic E-state index is -4.33. The second-order valence-corrected chi connectivity index (χ2v) is 6.87. The SMILES string of the molecule is O=S(=O)(NCc1ccnc(-c2cccnc2)c1)c1c(F)cccc1F. The predicted molar refractivity (Wildman–Crippen MR) is 87.9 cm³/mol. The highest BCUT2D eigenvalue weighted by Crippen LogP contribution is 2.19. The minimum Gasteiger partial charge on any atom is -0.264 e. The molecular formula is C17H13F2N3O2S. The molecule has 0 aliphatic heterocycles. The van der Waals surface area contributed by atoms with Crippen molar-refractivity contribution in [2.45, 2.75) is 11.4 Å². The molecule has 128 valence electrons. The number of benzene rings is 1. The normalized spacial score (nSPS) is 11.4. The highest BCUT2D eigenvalue weighted by Gasteiger charge is 2.23. The summed E-state index contributed by atoms with van der Waals surface area (Å²) in [4.78, 5) is 7.21. The molecule has 1 N–H and O–H groups in total. The number of nitrogens with zero attached hydrogens (tertiary/aromatic N) is 2. The molecule has 5 nitrogen and oxygen atoms in total. The summed E-state index contributed by atoms with van der Waals surface area (Å²) >= 11 is 0. The van der Waals surface area contributed by atoms with Gasteiger partial charge < -0.3 is 0 Å². The van der Waals surface area contributed by atoms with Crippen LogP contribution in [0.25, 0.3) is 11.3 Å². The van der Waals surface area contributed by atoms with Gasteiger partial charge in [-0.05, 0) is 42.0 Å². The Morgan fingerprint density at radius 1 is 1.00 bits per heavy atom. The maximum absolute atomic E-state index is 13.7. The Morgan fingerprint density at radius 3 is 2.44 bits per heavy atom. The summed E-state index contributed by atoms with van der Waals surface area (Å²) < 4.78 is 53.9. The molecule has 0 atom stereocenters. The highest BCUT2D eigenvalue weighted by molar-refractivity contribution is 7.89. The Kier molecular flexibility index (Phi) is 4.82. The van der Waals surface area contributed by atoms with E-state index in [4.69, 9.17) is 0 Å². The third-order valence-electron chi connectivity index (χ3n) is 3.44. The molecule has 0 fully saturated rings. The molecule has 0 radical (unpaired) electrons. The van der Waals surface area contributed by atoms with Crippen LogP contribution in [0.2, 0.25) is 0 Å². The smallest absolute Gasteiger partial charge is 0.246 e. The number of rotatable bonds is 5. The molecule has 25 heavy (non-hydrogen) atoms. The van der Waals surface area contributed by atoms with Crippen LogP contribution in [0.1, 0.15) is 5.56 Å². The number of aromatic nitrogens is 2. The fourth-order valence-corrected chi connectivity index (χ4v) is 3.40. The molecule has 8 heteroatoms. The van der Waals surface area contributed by atoms with Gasteiger partial charge in [0, 0.05) is 30.7 Å². The van der Waals surface area contributed by atoms with Gasteiger partial charge in [-0.15, -0.1) is 0 Å². The number of pyridine rings is 2. The quantitative estimate of drug-likeness (QED) is 0.758. The lowest BCUT2D eigenvalue weighted by molar-refractivity contribution is 0.514. The van der Waals surface area contributed by atoms with E-state index in [1.165, 1.54) is 6.20 Å². The molecule has 3 aromatic rings. The Hall–Kier alpha value is -2.71. The van der Waals surface area contributed by atoms with E-state index in [-0.39, 0.29) is 6.54 Å². The molecule has 0 saturated heterocycles. The summed E-state index contributed by atoms with van der Waals surface area (Å²) in [6, 6.07) is 9.75. The summed E-state index contributed by atoms with van der Waals surface area (Å²) in [7, 11) is -4.33. The second-order valence-electron chi connectivity index (χ2n) is 5.17. The van der Waals surface area contributed by atoms with Crippen LogP contribution in [0.3, 0.4) is 0 Å². The zero-order valence-electron chi connectivity index (χ0n) is 12.9. The van der Waals surface area contributed by atoms with Gasteiger partial charge in [-0.25, -0.2) is 21.9 Å². The molecule has 0 spiro atoms. The summed E-state index contributed by atoms with van der Waals surface area (Å²) in [5.74, 6) is -2.28. The van der Waals surface area contributed by atoms with Crippen molar-refractivity contribution in [3.05, 3.63) is 78.3 Å². The first kappa shape index (κ1) is 17.1. The number of hydrogen-bond donors (Lipinski definition) is 1. The first-order valence-electron chi connectivity index (χ1n) is 7.26.